The minimum Gasteiger partial charge on any atom is -0.497 e. The van der Waals surface area contributed by atoms with Crippen molar-refractivity contribution in [1.29, 1.82) is 0 Å². The Hall–Kier alpha value is -3.67. The Morgan fingerprint density at radius 3 is 2.43 bits per heavy atom. The Bertz CT molecular complexity index is 1750. The maximum Gasteiger partial charge on any atom is 0.312 e. The van der Waals surface area contributed by atoms with Crippen molar-refractivity contribution < 1.29 is 36.4 Å². The van der Waals surface area contributed by atoms with Crippen LogP contribution in [0.25, 0.3) is 0 Å². The van der Waals surface area contributed by atoms with Gasteiger partial charge in [0, 0.05) is 30.1 Å². The van der Waals surface area contributed by atoms with Crippen LogP contribution in [-0.4, -0.2) is 71.8 Å². The topological polar surface area (TPSA) is 102 Å². The number of alkyl halides is 1. The molecule has 0 saturated carbocycles. The van der Waals surface area contributed by atoms with Gasteiger partial charge in [-0.15, -0.1) is 0 Å². The van der Waals surface area contributed by atoms with E-state index in [1.165, 1.54) is 51.6 Å². The number of amides is 2. The Kier molecular flexibility index (Phi) is 8.19. The first kappa shape index (κ1) is 31.7. The van der Waals surface area contributed by atoms with Crippen LogP contribution >= 0.6 is 11.6 Å². The van der Waals surface area contributed by atoms with Crippen LogP contribution < -0.4 is 19.1 Å². The number of halogens is 2. The lowest BCUT2D eigenvalue weighted by Crippen LogP contribution is -2.69. The van der Waals surface area contributed by atoms with Crippen LogP contribution in [0.1, 0.15) is 42.9 Å². The summed E-state index contributed by atoms with van der Waals surface area (Å²) < 4.78 is 55.9. The number of quaternary nitrogens is 1. The van der Waals surface area contributed by atoms with Crippen LogP contribution in [0.15, 0.2) is 65.6 Å². The molecule has 4 atom stereocenters. The summed E-state index contributed by atoms with van der Waals surface area (Å²) in [7, 11) is 1.22. The molecule has 0 spiro atoms. The summed E-state index contributed by atoms with van der Waals surface area (Å²) in [6.07, 6.45) is -1.59. The Morgan fingerprint density at radius 2 is 1.80 bits per heavy atom. The Balaban J connectivity index is 1.92. The third-order valence-electron chi connectivity index (χ3n) is 8.98. The molecule has 0 aliphatic carbocycles. The smallest absolute Gasteiger partial charge is 0.312 e. The molecular weight excluding hydrogens is 609 g/mol. The highest BCUT2D eigenvalue weighted by Crippen LogP contribution is 2.57. The van der Waals surface area contributed by atoms with Crippen molar-refractivity contribution >= 4 is 39.1 Å². The summed E-state index contributed by atoms with van der Waals surface area (Å²) in [6, 6.07) is 14.9. The number of carbonyl (C=O) groups is 2. The maximum atomic E-state index is 15.6. The number of ether oxygens (including phenoxy) is 2. The third kappa shape index (κ3) is 4.47. The fourth-order valence-corrected chi connectivity index (χ4v) is 8.80. The molecule has 0 bridgehead atoms. The summed E-state index contributed by atoms with van der Waals surface area (Å²) in [5.74, 6) is -1.07. The lowest BCUT2D eigenvalue weighted by atomic mass is 9.75. The number of rotatable bonds is 8. The number of likely N-dealkylation sites (tertiary alicyclic amines) is 1. The van der Waals surface area contributed by atoms with Gasteiger partial charge in [-0.2, -0.15) is 4.31 Å². The van der Waals surface area contributed by atoms with Gasteiger partial charge in [0.2, 0.25) is 5.54 Å². The van der Waals surface area contributed by atoms with Gasteiger partial charge >= 0.3 is 5.91 Å². The fraction of sp³-hybridized carbons (Fsp3) is 0.375. The normalized spacial score (nSPS) is 24.8. The number of carbonyl (C=O) groups excluding carboxylic acids is 2. The van der Waals surface area contributed by atoms with Gasteiger partial charge in [0.25, 0.3) is 15.9 Å². The number of anilines is 1. The molecule has 3 aromatic rings. The highest BCUT2D eigenvalue weighted by Gasteiger charge is 2.72. The predicted octanol–water partition coefficient (Wildman–Crippen LogP) is 4.76. The molecule has 5 rings (SSSR count). The minimum absolute atomic E-state index is 0.0265. The van der Waals surface area contributed by atoms with Crippen molar-refractivity contribution in [3.05, 3.63) is 82.4 Å². The largest absolute Gasteiger partial charge is 0.497 e. The van der Waals surface area contributed by atoms with E-state index in [0.717, 1.165) is 9.87 Å². The molecular formula is C32H36ClFN3O6S+. The van der Waals surface area contributed by atoms with E-state index in [9.17, 15) is 13.2 Å². The first-order valence-electron chi connectivity index (χ1n) is 14.2. The number of fused-ring (bicyclic) bond motifs is 1. The Labute approximate surface area is 262 Å². The number of nitrogens with zero attached hydrogens (tertiary/aromatic N) is 2. The van der Waals surface area contributed by atoms with Crippen LogP contribution in [0.3, 0.4) is 0 Å². The van der Waals surface area contributed by atoms with Gasteiger partial charge in [-0.1, -0.05) is 49.7 Å². The van der Waals surface area contributed by atoms with Gasteiger partial charge in [-0.25, -0.2) is 12.8 Å². The lowest BCUT2D eigenvalue weighted by Gasteiger charge is -2.49. The summed E-state index contributed by atoms with van der Waals surface area (Å²) in [5.41, 5.74) is -0.303. The van der Waals surface area contributed by atoms with E-state index in [4.69, 9.17) is 21.1 Å². The van der Waals surface area contributed by atoms with E-state index in [2.05, 4.69) is 5.32 Å². The molecule has 234 valence electrons. The number of hydrogen-bond donors (Lipinski definition) is 1. The Morgan fingerprint density at radius 1 is 1.09 bits per heavy atom. The zero-order chi connectivity index (χ0) is 32.2. The molecule has 3 aromatic carbocycles. The molecule has 44 heavy (non-hydrogen) atoms. The average Bonchev–Trinajstić information content (AvgIpc) is 3.46. The number of nitrogens with one attached hydrogen (secondary N) is 1. The molecule has 12 heteroatoms. The second-order valence-electron chi connectivity index (χ2n) is 11.6. The molecule has 0 radical (unpaired) electrons. The van der Waals surface area contributed by atoms with Crippen LogP contribution in [-0.2, 0) is 25.2 Å². The van der Waals surface area contributed by atoms with E-state index in [1.807, 2.05) is 26.0 Å². The molecule has 0 aromatic heterocycles. The van der Waals surface area contributed by atoms with Crippen molar-refractivity contribution in [2.75, 3.05) is 39.2 Å². The van der Waals surface area contributed by atoms with Crippen molar-refractivity contribution in [1.82, 2.24) is 5.32 Å². The molecule has 9 nitrogen and oxygen atoms in total. The second-order valence-corrected chi connectivity index (χ2v) is 13.8. The molecule has 2 amide bonds. The van der Waals surface area contributed by atoms with Crippen molar-refractivity contribution in [2.24, 2.45) is 0 Å². The van der Waals surface area contributed by atoms with Crippen LogP contribution in [0, 0.1) is 0 Å². The van der Waals surface area contributed by atoms with E-state index in [0.29, 0.717) is 11.3 Å². The van der Waals surface area contributed by atoms with Crippen molar-refractivity contribution in [3.8, 4) is 11.5 Å². The van der Waals surface area contributed by atoms with Gasteiger partial charge in [-0.05, 0) is 41.8 Å². The summed E-state index contributed by atoms with van der Waals surface area (Å²) in [5, 5.41) is 2.89. The number of hydrogen-bond acceptors (Lipinski definition) is 6. The van der Waals surface area contributed by atoms with Crippen LogP contribution in [0.5, 0.6) is 11.5 Å². The zero-order valence-electron chi connectivity index (χ0n) is 25.4. The monoisotopic (exact) mass is 644 g/mol. The highest BCUT2D eigenvalue weighted by molar-refractivity contribution is 7.93. The number of benzene rings is 3. The summed E-state index contributed by atoms with van der Waals surface area (Å²) >= 11 is 6.58. The molecule has 2 aliphatic heterocycles. The quantitative estimate of drug-likeness (QED) is 0.355. The molecule has 2 aliphatic rings. The lowest BCUT2D eigenvalue weighted by molar-refractivity contribution is -0.953. The van der Waals surface area contributed by atoms with Crippen molar-refractivity contribution in [2.45, 2.75) is 48.8 Å². The zero-order valence-corrected chi connectivity index (χ0v) is 27.0. The SMILES string of the molecule is CNC(=O)[C@@H]1C[C@@H](F)C[N+]1(C)C1(c2ccccc2C(C)C)C(=O)N(S(=O)(=O)c2ccc(OC)cc2OC)c2ccc(Cl)cc21. The van der Waals surface area contributed by atoms with Gasteiger partial charge in [0.1, 0.15) is 22.9 Å². The molecule has 2 unspecified atom stereocenters. The molecule has 1 N–H and O–H groups in total. The van der Waals surface area contributed by atoms with Crippen LogP contribution in [0.4, 0.5) is 10.1 Å². The first-order valence-corrected chi connectivity index (χ1v) is 16.0. The van der Waals surface area contributed by atoms with Gasteiger partial charge < -0.3 is 14.8 Å². The fourth-order valence-electron chi connectivity index (χ4n) is 7.02. The average molecular weight is 645 g/mol. The third-order valence-corrected chi connectivity index (χ3v) is 11.0. The van der Waals surface area contributed by atoms with Crippen molar-refractivity contribution in [3.63, 3.8) is 0 Å². The maximum absolute atomic E-state index is 15.6. The van der Waals surface area contributed by atoms with E-state index < -0.39 is 44.1 Å². The van der Waals surface area contributed by atoms with E-state index >= 15 is 9.18 Å². The minimum atomic E-state index is -4.65. The number of methoxy groups -OCH3 is 2. The van der Waals surface area contributed by atoms with Gasteiger partial charge in [0.05, 0.1) is 32.5 Å². The van der Waals surface area contributed by atoms with Crippen LogP contribution in [0.2, 0.25) is 5.02 Å². The molecule has 1 fully saturated rings. The molecule has 1 saturated heterocycles. The van der Waals surface area contributed by atoms with Gasteiger partial charge in [-0.3, -0.25) is 14.1 Å². The first-order chi connectivity index (χ1) is 20.8. The number of sulfonamides is 1. The highest BCUT2D eigenvalue weighted by atomic mass is 35.5. The van der Waals surface area contributed by atoms with E-state index in [-0.39, 0.29) is 45.8 Å². The predicted molar refractivity (Wildman–Crippen MR) is 165 cm³/mol. The second kappa shape index (κ2) is 11.4. The number of likely N-dealkylation sites (N-methyl/N-ethyl adjacent to an activating group) is 2. The summed E-state index contributed by atoms with van der Waals surface area (Å²) in [4.78, 5) is 28.6. The summed E-state index contributed by atoms with van der Waals surface area (Å²) in [6.45, 7) is 3.70. The molecule has 2 heterocycles. The van der Waals surface area contributed by atoms with E-state index in [1.54, 1.807) is 25.2 Å². The standard InChI is InChI=1S/C32H35ClFN3O6S/c1-19(2)23-9-7-8-10-24(23)32(37(4)18-21(34)16-27(37)30(38)35-3)25-15-20(33)11-13-26(25)36(31(32)39)44(40,41)29-14-12-22(42-5)17-28(29)43-6/h7-15,17,19,21,27H,16,18H2,1-6H3/p+1/t21-,27+,32?,37?/m1/s1. The van der Waals surface area contributed by atoms with Gasteiger partial charge in [0.15, 0.2) is 12.2 Å².